The number of carbonyl (C=O) groups is 4. The minimum Gasteiger partial charge on any atom is -0.351 e. The summed E-state index contributed by atoms with van der Waals surface area (Å²) in [5.74, 6) is 23.7. The fourth-order valence-corrected chi connectivity index (χ4v) is 14.1. The van der Waals surface area contributed by atoms with Gasteiger partial charge in [0.1, 0.15) is 28.6 Å². The SMILES string of the molecule is CN1CCN(Cc2ccc(CC(=O)c3cncc(C#Cc4cnc5cccnn45)c3)cc2Cl)CC1.Cc1cc(C#Cc2cnc3cccnn23)cc(C(=O)Cc2cccc(C(F)(F)F)c2)c1.Cc1ccc(F)c(CC(=O)c2ccc(C)c(C#Cc3cnc4cccnn34)c2)c1.Cc1ccc(NC(=O)c2ccc3ccn(C)c3c2)cc1C#Cc1cnc2cccnn12. The highest BCUT2D eigenvalue weighted by Crippen LogP contribution is 2.31. The van der Waals surface area contributed by atoms with Crippen LogP contribution in [0.15, 0.2) is 262 Å². The Kier molecular flexibility index (Phi) is 26.2. The molecule has 1 amide bonds. The number of hydrogen-bond donors (Lipinski definition) is 1. The maximum absolute atomic E-state index is 14.0. The highest BCUT2D eigenvalue weighted by atomic mass is 35.5. The molecule has 18 rings (SSSR count). The number of ketones is 3. The van der Waals surface area contributed by atoms with E-state index in [1.807, 2.05) is 161 Å². The van der Waals surface area contributed by atoms with Gasteiger partial charge in [0, 0.05) is 163 Å². The van der Waals surface area contributed by atoms with Gasteiger partial charge >= 0.3 is 6.18 Å². The normalized spacial score (nSPS) is 11.9. The molecule has 0 unspecified atom stereocenters. The van der Waals surface area contributed by atoms with Crippen molar-refractivity contribution >= 4 is 74.0 Å². The van der Waals surface area contributed by atoms with Gasteiger partial charge in [-0.25, -0.2) is 42.4 Å². The van der Waals surface area contributed by atoms with E-state index >= 15 is 0 Å². The molecule has 1 aliphatic heterocycles. The number of pyridine rings is 1. The number of halogens is 5. The summed E-state index contributed by atoms with van der Waals surface area (Å²) in [5, 5.41) is 21.8. The molecule has 10 aromatic heterocycles. The van der Waals surface area contributed by atoms with Gasteiger partial charge in [0.25, 0.3) is 5.91 Å². The molecular weight excluding hydrogens is 1610 g/mol. The first-order valence-corrected chi connectivity index (χ1v) is 40.4. The van der Waals surface area contributed by atoms with Gasteiger partial charge in [-0.2, -0.15) is 33.6 Å². The van der Waals surface area contributed by atoms with Gasteiger partial charge in [-0.15, -0.1) is 0 Å². The molecule has 126 heavy (non-hydrogen) atoms. The van der Waals surface area contributed by atoms with E-state index in [-0.39, 0.29) is 48.3 Å². The minimum absolute atomic E-state index is 0.0145. The molecule has 0 spiro atoms. The number of carbonyl (C=O) groups excluding carboxylic acids is 4. The summed E-state index contributed by atoms with van der Waals surface area (Å²) < 4.78 is 61.4. The molecule has 1 aliphatic rings. The van der Waals surface area contributed by atoms with E-state index < -0.39 is 11.7 Å². The number of amides is 1. The van der Waals surface area contributed by atoms with Crippen molar-refractivity contribution < 1.29 is 36.7 Å². The highest BCUT2D eigenvalue weighted by Gasteiger charge is 2.31. The molecular formula is C100H78ClF4N17O4. The Morgan fingerprint density at radius 2 is 0.984 bits per heavy atom. The second-order valence-electron chi connectivity index (χ2n) is 30.1. The van der Waals surface area contributed by atoms with Crippen molar-refractivity contribution in [2.75, 3.05) is 38.5 Å². The maximum atomic E-state index is 14.0. The number of nitrogens with one attached hydrogen (secondary N) is 1. The fourth-order valence-electron chi connectivity index (χ4n) is 13.9. The standard InChI is InChI=1S/C27H25ClN6O.C25H19N5O.C24H16F3N3O.C24H18FN3O/c1-32-9-11-33(12-10-32)19-22-6-4-20(14-25(22)28)15-26(35)23-13-21(16-29-17-23)5-7-24-18-30-27-3-2-8-31-34(24)27;1-17-5-9-21(28-25(31)20-7-6-18-11-13-29(2)23(18)15-20)14-19(17)8-10-22-16-26-24-4-3-12-27-30(22)24;1-16-10-18(7-8-21-15-28-23-6-3-9-29-30(21)23)12-19(11-16)22(31)14-17-4-2-5-20(13-17)24(25,26)27;1-16-5-10-22(25)20(12-16)14-23(29)19-7-6-17(2)18(13-19)8-9-21-15-26-24-4-3-11-27-28(21)24/h2-4,6,8,13-14,16-18H,9-12,15,19H2,1H3;3-7,9,11-16H,1-2H3,(H,28,31);2-6,9-13,15H,14H2,1H3;3-7,10-13,15H,14H2,1-2H3. The molecule has 0 atom stereocenters. The van der Waals surface area contributed by atoms with E-state index in [1.54, 1.807) is 129 Å². The van der Waals surface area contributed by atoms with Gasteiger partial charge in [-0.1, -0.05) is 108 Å². The first kappa shape index (κ1) is 85.3. The van der Waals surface area contributed by atoms with Gasteiger partial charge in [-0.3, -0.25) is 29.1 Å². The second-order valence-corrected chi connectivity index (χ2v) is 30.5. The quantitative estimate of drug-likeness (QED) is 0.0643. The lowest BCUT2D eigenvalue weighted by Gasteiger charge is -2.32. The Hall–Kier alpha value is -15.6. The van der Waals surface area contributed by atoms with Gasteiger partial charge in [0.05, 0.1) is 30.4 Å². The number of fused-ring (bicyclic) bond motifs is 5. The summed E-state index contributed by atoms with van der Waals surface area (Å²) in [5.41, 5.74) is 17.8. The van der Waals surface area contributed by atoms with Crippen LogP contribution in [0, 0.1) is 80.9 Å². The van der Waals surface area contributed by atoms with E-state index in [1.165, 1.54) is 18.2 Å². The van der Waals surface area contributed by atoms with Gasteiger partial charge in [0.2, 0.25) is 0 Å². The van der Waals surface area contributed by atoms with Crippen LogP contribution in [-0.2, 0) is 39.0 Å². The molecule has 21 nitrogen and oxygen atoms in total. The van der Waals surface area contributed by atoms with Crippen molar-refractivity contribution in [3.8, 4) is 47.4 Å². The van der Waals surface area contributed by atoms with Crippen molar-refractivity contribution in [2.24, 2.45) is 7.05 Å². The number of hydrogen-bond acceptors (Lipinski definition) is 15. The average molecular weight is 1690 g/mol. The molecule has 11 heterocycles. The molecule has 0 bridgehead atoms. The van der Waals surface area contributed by atoms with Crippen LogP contribution in [0.25, 0.3) is 33.5 Å². The Morgan fingerprint density at radius 3 is 1.58 bits per heavy atom. The molecule has 1 fully saturated rings. The third-order valence-corrected chi connectivity index (χ3v) is 21.1. The van der Waals surface area contributed by atoms with E-state index in [9.17, 15) is 36.7 Å². The number of likely N-dealkylation sites (N-methyl/N-ethyl adjacent to an activating group) is 1. The molecule has 17 aromatic rings. The largest absolute Gasteiger partial charge is 0.416 e. The van der Waals surface area contributed by atoms with Crippen molar-refractivity contribution in [2.45, 2.75) is 59.7 Å². The Labute approximate surface area is 727 Å². The third kappa shape index (κ3) is 21.3. The number of Topliss-reactive ketones (excluding diaryl/α,β-unsaturated/α-hetero) is 3. The number of alkyl halides is 3. The van der Waals surface area contributed by atoms with E-state index in [0.29, 0.717) is 83.6 Å². The molecule has 7 aromatic carbocycles. The molecule has 0 saturated carbocycles. The number of benzene rings is 7. The Bertz CT molecular complexity index is 7310. The predicted octanol–water partition coefficient (Wildman–Crippen LogP) is 16.7. The van der Waals surface area contributed by atoms with Crippen LogP contribution in [0.3, 0.4) is 0 Å². The topological polar surface area (TPSA) is 225 Å². The Balaban J connectivity index is 0.000000130. The summed E-state index contributed by atoms with van der Waals surface area (Å²) in [7, 11) is 4.11. The van der Waals surface area contributed by atoms with Crippen molar-refractivity contribution in [3.63, 3.8) is 0 Å². The first-order chi connectivity index (χ1) is 60.9. The number of nitrogens with zero attached hydrogens (tertiary/aromatic N) is 16. The van der Waals surface area contributed by atoms with Crippen LogP contribution in [0.1, 0.15) is 137 Å². The van der Waals surface area contributed by atoms with Gasteiger partial charge in [0.15, 0.2) is 39.9 Å². The van der Waals surface area contributed by atoms with E-state index in [0.717, 1.165) is 117 Å². The van der Waals surface area contributed by atoms with Crippen LogP contribution in [0.2, 0.25) is 5.02 Å². The summed E-state index contributed by atoms with van der Waals surface area (Å²) in [6.07, 6.45) is 14.3. The number of rotatable bonds is 13. The van der Waals surface area contributed by atoms with Crippen LogP contribution in [-0.4, -0.2) is 134 Å². The molecule has 0 radical (unpaired) electrons. The van der Waals surface area contributed by atoms with E-state index in [2.05, 4.69) is 115 Å². The summed E-state index contributed by atoms with van der Waals surface area (Å²) in [6.45, 7) is 12.7. The lowest BCUT2D eigenvalue weighted by molar-refractivity contribution is -0.137. The smallest absolute Gasteiger partial charge is 0.351 e. The maximum Gasteiger partial charge on any atom is 0.416 e. The van der Waals surface area contributed by atoms with E-state index in [4.69, 9.17) is 11.6 Å². The van der Waals surface area contributed by atoms with Gasteiger partial charge in [-0.05, 0) is 230 Å². The lowest BCUT2D eigenvalue weighted by Crippen LogP contribution is -2.43. The number of piperazine rings is 1. The Morgan fingerprint density at radius 1 is 0.444 bits per heavy atom. The van der Waals surface area contributed by atoms with Crippen LogP contribution in [0.5, 0.6) is 0 Å². The zero-order valence-corrected chi connectivity index (χ0v) is 69.9. The molecule has 622 valence electrons. The average Bonchev–Trinajstić information content (AvgIpc) is 1.43. The zero-order valence-electron chi connectivity index (χ0n) is 69.2. The molecule has 0 aliphatic carbocycles. The fraction of sp³-hybridized carbons (Fsp3) is 0.150. The van der Waals surface area contributed by atoms with Crippen LogP contribution in [0.4, 0.5) is 23.2 Å². The number of aryl methyl sites for hydroxylation is 5. The summed E-state index contributed by atoms with van der Waals surface area (Å²) >= 11 is 6.57. The molecule has 26 heteroatoms. The predicted molar refractivity (Wildman–Crippen MR) is 475 cm³/mol. The van der Waals surface area contributed by atoms with Crippen molar-refractivity contribution in [1.29, 1.82) is 0 Å². The van der Waals surface area contributed by atoms with Crippen LogP contribution >= 0.6 is 11.6 Å². The summed E-state index contributed by atoms with van der Waals surface area (Å²) in [4.78, 5) is 77.2. The summed E-state index contributed by atoms with van der Waals surface area (Å²) in [6, 6.07) is 56.0. The number of imidazole rings is 4. The van der Waals surface area contributed by atoms with Gasteiger partial charge < -0.3 is 14.8 Å². The molecule has 1 N–H and O–H groups in total. The lowest BCUT2D eigenvalue weighted by atomic mass is 9.98. The monoisotopic (exact) mass is 1690 g/mol. The zero-order chi connectivity index (χ0) is 88.0. The third-order valence-electron chi connectivity index (χ3n) is 20.7. The second kappa shape index (κ2) is 38.6. The minimum atomic E-state index is -4.45. The van der Waals surface area contributed by atoms with Crippen molar-refractivity contribution in [3.05, 3.63) is 390 Å². The van der Waals surface area contributed by atoms with Crippen LogP contribution < -0.4 is 5.32 Å². The number of aromatic nitrogens is 14. The van der Waals surface area contributed by atoms with Crippen molar-refractivity contribution in [1.82, 2.24) is 77.7 Å². The number of anilines is 1. The highest BCUT2D eigenvalue weighted by molar-refractivity contribution is 6.31. The first-order valence-electron chi connectivity index (χ1n) is 40.0. The molecule has 1 saturated heterocycles.